The molecule has 0 radical (unpaired) electrons. The Morgan fingerprint density at radius 1 is 0.788 bits per heavy atom. The Balaban J connectivity index is 0. The van der Waals surface area contributed by atoms with Gasteiger partial charge in [0.05, 0.1) is 32.9 Å². The van der Waals surface area contributed by atoms with Gasteiger partial charge in [-0.3, -0.25) is 4.79 Å². The van der Waals surface area contributed by atoms with Crippen LogP contribution in [0.25, 0.3) is 0 Å². The first-order chi connectivity index (χ1) is 15.2. The molecule has 0 bridgehead atoms. The maximum Gasteiger partial charge on any atom is 0.485 e. The van der Waals surface area contributed by atoms with Crippen LogP contribution in [-0.2, 0) is 14.9 Å². The summed E-state index contributed by atoms with van der Waals surface area (Å²) < 4.78 is 60.0. The van der Waals surface area contributed by atoms with Crippen molar-refractivity contribution >= 4 is 27.0 Å². The Morgan fingerprint density at radius 2 is 1.12 bits per heavy atom. The standard InChI is InChI=1S/C22H46NOS.CHF3O3S/c1-5-6-7-8-9-10-11-12-13-14-15-16-17-18-19-23(3,4)20-21-25-22(2)24;2-1(3,4)8(5,6)7/h5-21H2,1-4H3;(H,5,6,7)/q+1;/p-1. The molecule has 0 fully saturated rings. The van der Waals surface area contributed by atoms with Gasteiger partial charge in [0.2, 0.25) is 0 Å². The zero-order chi connectivity index (χ0) is 25.8. The summed E-state index contributed by atoms with van der Waals surface area (Å²) >= 11 is 1.47. The molecule has 10 heteroatoms. The van der Waals surface area contributed by atoms with Gasteiger partial charge in [-0.05, 0) is 12.8 Å². The second-order valence-corrected chi connectivity index (χ2v) is 11.9. The Bertz CT molecular complexity index is 583. The van der Waals surface area contributed by atoms with Crippen LogP contribution in [0.2, 0.25) is 0 Å². The number of carbonyl (C=O) groups excluding carboxylic acids is 1. The van der Waals surface area contributed by atoms with Gasteiger partial charge in [0.15, 0.2) is 15.2 Å². The predicted octanol–water partition coefficient (Wildman–Crippen LogP) is 6.88. The number of nitrogens with zero attached hydrogens (tertiary/aromatic N) is 1. The van der Waals surface area contributed by atoms with Gasteiger partial charge >= 0.3 is 5.51 Å². The minimum atomic E-state index is -6.09. The van der Waals surface area contributed by atoms with E-state index in [1.54, 1.807) is 6.92 Å². The molecule has 0 spiro atoms. The average molecular weight is 522 g/mol. The number of carbonyl (C=O) groups is 1. The second kappa shape index (κ2) is 19.9. The van der Waals surface area contributed by atoms with Crippen molar-refractivity contribution in [3.8, 4) is 0 Å². The van der Waals surface area contributed by atoms with E-state index in [0.29, 0.717) is 0 Å². The molecule has 0 atom stereocenters. The number of alkyl halides is 3. The highest BCUT2D eigenvalue weighted by atomic mass is 32.2. The fraction of sp³-hybridized carbons (Fsp3) is 0.957. The fourth-order valence-corrected chi connectivity index (χ4v) is 4.16. The number of hydrogen-bond acceptors (Lipinski definition) is 5. The topological polar surface area (TPSA) is 74.3 Å². The van der Waals surface area contributed by atoms with Crippen LogP contribution in [0.15, 0.2) is 0 Å². The maximum absolute atomic E-state index is 11.0. The average Bonchev–Trinajstić information content (AvgIpc) is 2.66. The lowest BCUT2D eigenvalue weighted by Gasteiger charge is -2.29. The van der Waals surface area contributed by atoms with Crippen molar-refractivity contribution in [2.24, 2.45) is 0 Å². The van der Waals surface area contributed by atoms with E-state index in [2.05, 4.69) is 21.0 Å². The molecule has 0 saturated carbocycles. The molecule has 200 valence electrons. The molecule has 0 aromatic carbocycles. The summed E-state index contributed by atoms with van der Waals surface area (Å²) in [6.45, 7) is 6.30. The molecule has 5 nitrogen and oxygen atoms in total. The van der Waals surface area contributed by atoms with Crippen LogP contribution < -0.4 is 0 Å². The van der Waals surface area contributed by atoms with Crippen LogP contribution in [0.3, 0.4) is 0 Å². The van der Waals surface area contributed by atoms with E-state index in [9.17, 15) is 18.0 Å². The van der Waals surface area contributed by atoms with Gasteiger partial charge in [0, 0.05) is 6.92 Å². The monoisotopic (exact) mass is 521 g/mol. The first kappa shape index (κ1) is 34.8. The fourth-order valence-electron chi connectivity index (χ4n) is 3.28. The Labute approximate surface area is 204 Å². The number of halogens is 3. The van der Waals surface area contributed by atoms with Gasteiger partial charge < -0.3 is 9.04 Å². The lowest BCUT2D eigenvalue weighted by molar-refractivity contribution is -0.888. The lowest BCUT2D eigenvalue weighted by Crippen LogP contribution is -2.42. The van der Waals surface area contributed by atoms with E-state index in [1.165, 1.54) is 108 Å². The van der Waals surface area contributed by atoms with Crippen LogP contribution in [0.4, 0.5) is 13.2 Å². The summed E-state index contributed by atoms with van der Waals surface area (Å²) in [6, 6.07) is 0. The SMILES string of the molecule is CCCCCCCCCCCCCCCC[N+](C)(C)CCSC(C)=O.O=S(=O)([O-])C(F)(F)F. The molecule has 0 rings (SSSR count). The van der Waals surface area contributed by atoms with Crippen molar-refractivity contribution < 1.29 is 35.4 Å². The van der Waals surface area contributed by atoms with Gasteiger partial charge in [-0.2, -0.15) is 13.2 Å². The first-order valence-electron chi connectivity index (χ1n) is 12.2. The first-order valence-corrected chi connectivity index (χ1v) is 14.6. The van der Waals surface area contributed by atoms with Gasteiger partial charge in [-0.1, -0.05) is 95.7 Å². The summed E-state index contributed by atoms with van der Waals surface area (Å²) in [5.74, 6) is 0.959. The lowest BCUT2D eigenvalue weighted by atomic mass is 10.0. The van der Waals surface area contributed by atoms with Crippen molar-refractivity contribution in [3.05, 3.63) is 0 Å². The van der Waals surface area contributed by atoms with Gasteiger partial charge in [-0.15, -0.1) is 0 Å². The highest BCUT2D eigenvalue weighted by molar-refractivity contribution is 8.13. The van der Waals surface area contributed by atoms with E-state index >= 15 is 0 Å². The van der Waals surface area contributed by atoms with Crippen molar-refractivity contribution in [2.45, 2.75) is 109 Å². The van der Waals surface area contributed by atoms with Crippen molar-refractivity contribution in [2.75, 3.05) is 32.9 Å². The zero-order valence-electron chi connectivity index (χ0n) is 21.1. The van der Waals surface area contributed by atoms with E-state index < -0.39 is 15.6 Å². The molecule has 0 aliphatic rings. The summed E-state index contributed by atoms with van der Waals surface area (Å²) in [5, 5.41) is 0.247. The Kier molecular flexibility index (Phi) is 21.0. The van der Waals surface area contributed by atoms with Crippen LogP contribution in [0, 0.1) is 0 Å². The van der Waals surface area contributed by atoms with Crippen LogP contribution in [0.5, 0.6) is 0 Å². The molecule has 0 unspecified atom stereocenters. The third-order valence-corrected chi connectivity index (χ3v) is 6.76. The molecule has 0 amide bonds. The third-order valence-electron chi connectivity index (χ3n) is 5.40. The van der Waals surface area contributed by atoms with Crippen molar-refractivity contribution in [1.82, 2.24) is 0 Å². The molecule has 0 aliphatic heterocycles. The van der Waals surface area contributed by atoms with Crippen molar-refractivity contribution in [3.63, 3.8) is 0 Å². The number of rotatable bonds is 18. The third kappa shape index (κ3) is 26.1. The smallest absolute Gasteiger partial charge is 0.485 e. The molecule has 0 saturated heterocycles. The number of hydrogen-bond donors (Lipinski definition) is 0. The van der Waals surface area contributed by atoms with Gasteiger partial charge in [-0.25, -0.2) is 8.42 Å². The highest BCUT2D eigenvalue weighted by Crippen LogP contribution is 2.20. The van der Waals surface area contributed by atoms with E-state index in [0.717, 1.165) is 16.8 Å². The molecular weight excluding hydrogens is 475 g/mol. The second-order valence-electron chi connectivity index (χ2n) is 9.22. The minimum Gasteiger partial charge on any atom is -0.741 e. The number of quaternary nitrogens is 1. The largest absolute Gasteiger partial charge is 0.741 e. The summed E-state index contributed by atoms with van der Waals surface area (Å²) in [7, 11) is -1.50. The Morgan fingerprint density at radius 3 is 1.42 bits per heavy atom. The summed E-state index contributed by atoms with van der Waals surface area (Å²) in [5.41, 5.74) is -5.65. The molecule has 0 aliphatic carbocycles. The minimum absolute atomic E-state index is 0.247. The van der Waals surface area contributed by atoms with Crippen molar-refractivity contribution in [1.29, 1.82) is 0 Å². The molecule has 0 heterocycles. The van der Waals surface area contributed by atoms with Crippen LogP contribution in [0.1, 0.15) is 104 Å². The van der Waals surface area contributed by atoms with Gasteiger partial charge in [0.25, 0.3) is 0 Å². The maximum atomic E-state index is 11.0. The van der Waals surface area contributed by atoms with E-state index in [-0.39, 0.29) is 5.12 Å². The molecular formula is C23H46F3NO4S2. The summed E-state index contributed by atoms with van der Waals surface area (Å²) in [6.07, 6.45) is 19.9. The zero-order valence-corrected chi connectivity index (χ0v) is 22.7. The normalized spacial score (nSPS) is 12.4. The molecule has 0 N–H and O–H groups in total. The predicted molar refractivity (Wildman–Crippen MR) is 131 cm³/mol. The highest BCUT2D eigenvalue weighted by Gasteiger charge is 2.36. The van der Waals surface area contributed by atoms with E-state index in [1.807, 2.05) is 0 Å². The molecule has 0 aromatic heterocycles. The number of thioether (sulfide) groups is 1. The van der Waals surface area contributed by atoms with Crippen LogP contribution in [-0.4, -0.2) is 61.0 Å². The molecule has 33 heavy (non-hydrogen) atoms. The quantitative estimate of drug-likeness (QED) is 0.0851. The van der Waals surface area contributed by atoms with Crippen LogP contribution >= 0.6 is 11.8 Å². The number of unbranched alkanes of at least 4 members (excludes halogenated alkanes) is 13. The van der Waals surface area contributed by atoms with E-state index in [4.69, 9.17) is 13.0 Å². The molecule has 0 aromatic rings. The van der Waals surface area contributed by atoms with Gasteiger partial charge in [0.1, 0.15) is 0 Å². The summed E-state index contributed by atoms with van der Waals surface area (Å²) in [4.78, 5) is 11.0. The Hall–Kier alpha value is -0.320.